The van der Waals surface area contributed by atoms with Crippen LogP contribution >= 0.6 is 0 Å². The molecule has 1 N–H and O–H groups in total. The van der Waals surface area contributed by atoms with Crippen LogP contribution in [0.3, 0.4) is 0 Å². The number of sulfonamides is 1. The number of nitrogens with one attached hydrogen (secondary N) is 1. The van der Waals surface area contributed by atoms with Gasteiger partial charge in [-0.25, -0.2) is 8.42 Å². The molecule has 3 aromatic carbocycles. The smallest absolute Gasteiger partial charge is 0.244 e. The van der Waals surface area contributed by atoms with Crippen molar-refractivity contribution in [2.24, 2.45) is 0 Å². The molecular formula is C31H37N3O6S. The first-order valence-electron chi connectivity index (χ1n) is 13.9. The fourth-order valence-electron chi connectivity index (χ4n) is 4.60. The third-order valence-electron chi connectivity index (χ3n) is 6.92. The lowest BCUT2D eigenvalue weighted by Gasteiger charge is -2.33. The normalized spacial score (nSPS) is 12.9. The minimum Gasteiger partial charge on any atom is -0.454 e. The largest absolute Gasteiger partial charge is 0.454 e. The number of amides is 2. The Hall–Kier alpha value is -4.05. The number of fused-ring (bicyclic) bond motifs is 1. The van der Waals surface area contributed by atoms with Crippen molar-refractivity contribution in [3.63, 3.8) is 0 Å². The minimum absolute atomic E-state index is 0.0391. The van der Waals surface area contributed by atoms with Crippen LogP contribution in [0, 0.1) is 0 Å². The summed E-state index contributed by atoms with van der Waals surface area (Å²) in [5.41, 5.74) is 2.01. The van der Waals surface area contributed by atoms with Crippen molar-refractivity contribution in [2.75, 3.05) is 29.9 Å². The number of benzene rings is 3. The summed E-state index contributed by atoms with van der Waals surface area (Å²) in [6, 6.07) is 22.8. The summed E-state index contributed by atoms with van der Waals surface area (Å²) in [5.74, 6) is -0.0659. The zero-order chi connectivity index (χ0) is 29.2. The van der Waals surface area contributed by atoms with Crippen molar-refractivity contribution in [1.29, 1.82) is 0 Å². The van der Waals surface area contributed by atoms with Crippen molar-refractivity contribution in [3.05, 3.63) is 90.0 Å². The molecule has 1 aliphatic heterocycles. The second kappa shape index (κ2) is 14.0. The van der Waals surface area contributed by atoms with Gasteiger partial charge in [0.05, 0.1) is 11.4 Å². The average Bonchev–Trinajstić information content (AvgIpc) is 3.46. The van der Waals surface area contributed by atoms with Crippen LogP contribution in [0.2, 0.25) is 0 Å². The van der Waals surface area contributed by atoms with E-state index in [1.807, 2.05) is 67.6 Å². The number of unbranched alkanes of at least 4 members (excludes halogenated alkanes) is 1. The molecule has 2 amide bonds. The van der Waals surface area contributed by atoms with E-state index in [0.717, 1.165) is 28.3 Å². The molecule has 10 heteroatoms. The topological polar surface area (TPSA) is 105 Å². The number of carbonyl (C=O) groups is 2. The lowest BCUT2D eigenvalue weighted by molar-refractivity contribution is -0.140. The van der Waals surface area contributed by atoms with Gasteiger partial charge in [0.1, 0.15) is 12.6 Å². The molecule has 1 atom stereocenters. The van der Waals surface area contributed by atoms with Crippen LogP contribution in [0.25, 0.3) is 0 Å². The zero-order valence-electron chi connectivity index (χ0n) is 23.5. The third-order valence-corrected chi connectivity index (χ3v) is 8.66. The van der Waals surface area contributed by atoms with E-state index in [0.29, 0.717) is 18.0 Å². The van der Waals surface area contributed by atoms with Crippen molar-refractivity contribution in [2.45, 2.75) is 45.7 Å². The van der Waals surface area contributed by atoms with Crippen molar-refractivity contribution < 1.29 is 27.5 Å². The van der Waals surface area contributed by atoms with Crippen molar-refractivity contribution in [3.8, 4) is 11.5 Å². The van der Waals surface area contributed by atoms with Gasteiger partial charge in [0.25, 0.3) is 0 Å². The standard InChI is InChI=1S/C31H37N3O6S/c1-3-5-18-32-31(36)27(19-24-12-8-6-9-13-24)33(21-25-14-10-7-11-15-25)30(35)22-34(41(37,38)4-2)26-16-17-28-29(20-26)40-23-39-28/h6-17,20,27H,3-5,18-19,21-23H2,1-2H3,(H,32,36). The molecule has 1 heterocycles. The fraction of sp³-hybridized carbons (Fsp3) is 0.355. The summed E-state index contributed by atoms with van der Waals surface area (Å²) in [7, 11) is -3.87. The highest BCUT2D eigenvalue weighted by molar-refractivity contribution is 7.92. The highest BCUT2D eigenvalue weighted by atomic mass is 32.2. The minimum atomic E-state index is -3.87. The lowest BCUT2D eigenvalue weighted by atomic mass is 10.0. The molecule has 0 aromatic heterocycles. The predicted molar refractivity (Wildman–Crippen MR) is 158 cm³/mol. The van der Waals surface area contributed by atoms with Crippen LogP contribution < -0.4 is 19.1 Å². The molecule has 218 valence electrons. The van der Waals surface area contributed by atoms with Gasteiger partial charge in [-0.2, -0.15) is 0 Å². The third kappa shape index (κ3) is 7.79. The first-order chi connectivity index (χ1) is 19.8. The van der Waals surface area contributed by atoms with E-state index in [-0.39, 0.29) is 37.1 Å². The highest BCUT2D eigenvalue weighted by Gasteiger charge is 2.34. The Morgan fingerprint density at radius 2 is 1.56 bits per heavy atom. The Kier molecular flexibility index (Phi) is 10.2. The second-order valence-corrected chi connectivity index (χ2v) is 12.0. The Labute approximate surface area is 242 Å². The van der Waals surface area contributed by atoms with Gasteiger partial charge in [-0.3, -0.25) is 13.9 Å². The van der Waals surface area contributed by atoms with E-state index >= 15 is 0 Å². The summed E-state index contributed by atoms with van der Waals surface area (Å²) in [5, 5.41) is 2.98. The fourth-order valence-corrected chi connectivity index (χ4v) is 5.65. The molecule has 3 aromatic rings. The van der Waals surface area contributed by atoms with Crippen LogP contribution in [0.1, 0.15) is 37.8 Å². The highest BCUT2D eigenvalue weighted by Crippen LogP contribution is 2.36. The predicted octanol–water partition coefficient (Wildman–Crippen LogP) is 4.13. The van der Waals surface area contributed by atoms with Crippen LogP contribution in [0.4, 0.5) is 5.69 Å². The first-order valence-corrected chi connectivity index (χ1v) is 15.5. The average molecular weight is 580 g/mol. The molecule has 0 aliphatic carbocycles. The number of hydrogen-bond acceptors (Lipinski definition) is 6. The zero-order valence-corrected chi connectivity index (χ0v) is 24.3. The molecule has 1 aliphatic rings. The van der Waals surface area contributed by atoms with Crippen molar-refractivity contribution in [1.82, 2.24) is 10.2 Å². The molecule has 0 spiro atoms. The Morgan fingerprint density at radius 3 is 2.22 bits per heavy atom. The molecule has 4 rings (SSSR count). The van der Waals surface area contributed by atoms with E-state index in [1.54, 1.807) is 18.2 Å². The van der Waals surface area contributed by atoms with Gasteiger partial charge in [0.15, 0.2) is 11.5 Å². The van der Waals surface area contributed by atoms with Gasteiger partial charge in [0.2, 0.25) is 28.6 Å². The maximum Gasteiger partial charge on any atom is 0.244 e. The van der Waals surface area contributed by atoms with Gasteiger partial charge in [0, 0.05) is 25.6 Å². The Morgan fingerprint density at radius 1 is 0.902 bits per heavy atom. The van der Waals surface area contributed by atoms with Gasteiger partial charge in [-0.15, -0.1) is 0 Å². The quantitative estimate of drug-likeness (QED) is 0.288. The first kappa shape index (κ1) is 29.9. The number of ether oxygens (including phenoxy) is 2. The molecule has 0 radical (unpaired) electrons. The summed E-state index contributed by atoms with van der Waals surface area (Å²) in [6.07, 6.45) is 2.00. The van der Waals surface area contributed by atoms with Crippen LogP contribution in [0.5, 0.6) is 11.5 Å². The maximum absolute atomic E-state index is 14.2. The van der Waals surface area contributed by atoms with E-state index in [1.165, 1.54) is 11.8 Å². The van der Waals surface area contributed by atoms with Gasteiger partial charge >= 0.3 is 0 Å². The van der Waals surface area contributed by atoms with Gasteiger partial charge in [-0.05, 0) is 36.6 Å². The van der Waals surface area contributed by atoms with Gasteiger partial charge < -0.3 is 19.7 Å². The molecule has 1 unspecified atom stereocenters. The Bertz CT molecular complexity index is 1420. The Balaban J connectivity index is 1.71. The van der Waals surface area contributed by atoms with E-state index in [9.17, 15) is 18.0 Å². The molecule has 9 nitrogen and oxygen atoms in total. The molecule has 0 fully saturated rings. The van der Waals surface area contributed by atoms with Crippen molar-refractivity contribution >= 4 is 27.5 Å². The van der Waals surface area contributed by atoms with Crippen LogP contribution in [-0.2, 0) is 32.6 Å². The number of rotatable bonds is 14. The number of hydrogen-bond donors (Lipinski definition) is 1. The summed E-state index contributed by atoms with van der Waals surface area (Å²) < 4.78 is 38.5. The van der Waals surface area contributed by atoms with E-state index in [4.69, 9.17) is 9.47 Å². The van der Waals surface area contributed by atoms with Gasteiger partial charge in [-0.1, -0.05) is 74.0 Å². The number of carbonyl (C=O) groups excluding carboxylic acids is 2. The molecule has 0 saturated heterocycles. The number of nitrogens with zero attached hydrogens (tertiary/aromatic N) is 2. The summed E-state index contributed by atoms with van der Waals surface area (Å²) >= 11 is 0. The summed E-state index contributed by atoms with van der Waals surface area (Å²) in [4.78, 5) is 29.3. The molecule has 41 heavy (non-hydrogen) atoms. The molecule has 0 bridgehead atoms. The summed E-state index contributed by atoms with van der Waals surface area (Å²) in [6.45, 7) is 3.76. The molecule has 0 saturated carbocycles. The number of anilines is 1. The lowest BCUT2D eigenvalue weighted by Crippen LogP contribution is -2.53. The maximum atomic E-state index is 14.2. The SMILES string of the molecule is CCCCNC(=O)C(Cc1ccccc1)N(Cc1ccccc1)C(=O)CN(c1ccc2c(c1)OCO2)S(=O)(=O)CC. The van der Waals surface area contributed by atoms with Crippen LogP contribution in [-0.4, -0.2) is 56.8 Å². The monoisotopic (exact) mass is 579 g/mol. The molecular weight excluding hydrogens is 542 g/mol. The van der Waals surface area contributed by atoms with Crippen LogP contribution in [0.15, 0.2) is 78.9 Å². The van der Waals surface area contributed by atoms with E-state index < -0.39 is 28.5 Å². The second-order valence-electron chi connectivity index (χ2n) is 9.80. The van der Waals surface area contributed by atoms with E-state index in [2.05, 4.69) is 5.32 Å².